The second-order valence-electron chi connectivity index (χ2n) is 6.82. The van der Waals surface area contributed by atoms with Gasteiger partial charge in [-0.1, -0.05) is 13.0 Å². The summed E-state index contributed by atoms with van der Waals surface area (Å²) in [6, 6.07) is 4.24. The second kappa shape index (κ2) is 7.90. The number of aromatic nitrogens is 3. The van der Waals surface area contributed by atoms with Crippen molar-refractivity contribution < 1.29 is 4.74 Å². The number of rotatable bonds is 7. The van der Waals surface area contributed by atoms with Gasteiger partial charge in [0.05, 0.1) is 18.4 Å². The Morgan fingerprint density at radius 2 is 2.04 bits per heavy atom. The third-order valence-electron chi connectivity index (χ3n) is 4.71. The van der Waals surface area contributed by atoms with Gasteiger partial charge in [0.15, 0.2) is 0 Å². The highest BCUT2D eigenvalue weighted by Gasteiger charge is 2.26. The fraction of sp³-hybridized carbons (Fsp3) is 0.579. The van der Waals surface area contributed by atoms with Crippen molar-refractivity contribution in [1.29, 1.82) is 0 Å². The van der Waals surface area contributed by atoms with E-state index in [-0.39, 0.29) is 0 Å². The van der Waals surface area contributed by atoms with E-state index in [9.17, 15) is 0 Å². The van der Waals surface area contributed by atoms with Gasteiger partial charge in [-0.25, -0.2) is 0 Å². The molecule has 0 spiro atoms. The van der Waals surface area contributed by atoms with Gasteiger partial charge in [0, 0.05) is 50.2 Å². The maximum atomic E-state index is 6.28. The van der Waals surface area contributed by atoms with Crippen LogP contribution in [0.2, 0.25) is 0 Å². The van der Waals surface area contributed by atoms with E-state index in [0.717, 1.165) is 44.6 Å². The first-order valence-electron chi connectivity index (χ1n) is 8.89. The standard InChI is InChI=1S/C19H28N4O/c1-4-23(13-17-11-21-22(3)12-17)14-19-8-7-18(24-19)9-16-6-5-15(2)20-10-16/h5-6,10-12,18-19H,4,7-9,13-14H2,1-3H3/t18-,19+/m0/s1. The Labute approximate surface area is 144 Å². The summed E-state index contributed by atoms with van der Waals surface area (Å²) in [5.74, 6) is 0. The zero-order chi connectivity index (χ0) is 16.9. The molecule has 2 atom stereocenters. The van der Waals surface area contributed by atoms with Crippen molar-refractivity contribution >= 4 is 0 Å². The lowest BCUT2D eigenvalue weighted by atomic mass is 10.1. The van der Waals surface area contributed by atoms with Crippen LogP contribution >= 0.6 is 0 Å². The molecule has 3 rings (SSSR count). The Morgan fingerprint density at radius 3 is 2.71 bits per heavy atom. The first-order valence-corrected chi connectivity index (χ1v) is 8.89. The number of pyridine rings is 1. The SMILES string of the molecule is CCN(Cc1cnn(C)c1)C[C@H]1CC[C@@H](Cc2ccc(C)nc2)O1. The van der Waals surface area contributed by atoms with E-state index in [1.807, 2.05) is 31.0 Å². The van der Waals surface area contributed by atoms with Crippen LogP contribution in [-0.4, -0.2) is 45.0 Å². The molecule has 0 aliphatic carbocycles. The molecule has 130 valence electrons. The first-order chi connectivity index (χ1) is 11.6. The van der Waals surface area contributed by atoms with Crippen LogP contribution in [0, 0.1) is 6.92 Å². The molecule has 2 aromatic heterocycles. The smallest absolute Gasteiger partial charge is 0.0707 e. The van der Waals surface area contributed by atoms with Crippen LogP contribution in [0.3, 0.4) is 0 Å². The van der Waals surface area contributed by atoms with Crippen molar-refractivity contribution in [2.75, 3.05) is 13.1 Å². The molecule has 0 radical (unpaired) electrons. The molecule has 24 heavy (non-hydrogen) atoms. The number of nitrogens with zero attached hydrogens (tertiary/aromatic N) is 4. The maximum Gasteiger partial charge on any atom is 0.0707 e. The molecule has 1 fully saturated rings. The lowest BCUT2D eigenvalue weighted by Crippen LogP contribution is -2.32. The van der Waals surface area contributed by atoms with E-state index in [2.05, 4.69) is 40.2 Å². The molecule has 0 aromatic carbocycles. The Hall–Kier alpha value is -1.72. The average molecular weight is 328 g/mol. The van der Waals surface area contributed by atoms with E-state index in [4.69, 9.17) is 4.74 Å². The predicted octanol–water partition coefficient (Wildman–Crippen LogP) is 2.74. The normalized spacial score (nSPS) is 20.8. The van der Waals surface area contributed by atoms with Crippen molar-refractivity contribution in [3.63, 3.8) is 0 Å². The largest absolute Gasteiger partial charge is 0.373 e. The van der Waals surface area contributed by atoms with E-state index in [0.29, 0.717) is 12.2 Å². The molecule has 2 aromatic rings. The highest BCUT2D eigenvalue weighted by atomic mass is 16.5. The lowest BCUT2D eigenvalue weighted by Gasteiger charge is -2.23. The van der Waals surface area contributed by atoms with Crippen molar-refractivity contribution in [3.05, 3.63) is 47.5 Å². The minimum Gasteiger partial charge on any atom is -0.373 e. The summed E-state index contributed by atoms with van der Waals surface area (Å²) in [6.45, 7) is 7.19. The summed E-state index contributed by atoms with van der Waals surface area (Å²) in [4.78, 5) is 6.82. The Bertz CT molecular complexity index is 637. The summed E-state index contributed by atoms with van der Waals surface area (Å²) >= 11 is 0. The minimum absolute atomic E-state index is 0.330. The van der Waals surface area contributed by atoms with Gasteiger partial charge in [-0.2, -0.15) is 5.10 Å². The van der Waals surface area contributed by atoms with E-state index < -0.39 is 0 Å². The molecule has 1 saturated heterocycles. The van der Waals surface area contributed by atoms with Crippen LogP contribution in [0.15, 0.2) is 30.7 Å². The van der Waals surface area contributed by atoms with Crippen molar-refractivity contribution in [2.24, 2.45) is 7.05 Å². The molecule has 0 amide bonds. The van der Waals surface area contributed by atoms with Gasteiger partial charge in [-0.05, 0) is 37.9 Å². The van der Waals surface area contributed by atoms with Gasteiger partial charge in [0.2, 0.25) is 0 Å². The van der Waals surface area contributed by atoms with E-state index in [1.54, 1.807) is 0 Å². The topological polar surface area (TPSA) is 43.2 Å². The lowest BCUT2D eigenvalue weighted by molar-refractivity contribution is 0.0227. The van der Waals surface area contributed by atoms with Crippen LogP contribution < -0.4 is 0 Å². The molecule has 0 bridgehead atoms. The number of hydrogen-bond acceptors (Lipinski definition) is 4. The minimum atomic E-state index is 0.330. The zero-order valence-electron chi connectivity index (χ0n) is 15.0. The quantitative estimate of drug-likeness (QED) is 0.784. The zero-order valence-corrected chi connectivity index (χ0v) is 15.0. The fourth-order valence-corrected chi connectivity index (χ4v) is 3.35. The maximum absolute atomic E-state index is 6.28. The number of likely N-dealkylation sites (N-methyl/N-ethyl adjacent to an activating group) is 1. The van der Waals surface area contributed by atoms with E-state index in [1.165, 1.54) is 11.1 Å². The molecule has 1 aliphatic heterocycles. The highest BCUT2D eigenvalue weighted by Crippen LogP contribution is 2.24. The summed E-state index contributed by atoms with van der Waals surface area (Å²) in [7, 11) is 1.96. The Balaban J connectivity index is 1.48. The number of ether oxygens (including phenoxy) is 1. The summed E-state index contributed by atoms with van der Waals surface area (Å²) in [5.41, 5.74) is 3.60. The summed E-state index contributed by atoms with van der Waals surface area (Å²) in [5, 5.41) is 4.25. The Kier molecular flexibility index (Phi) is 5.63. The molecule has 0 unspecified atom stereocenters. The first kappa shape index (κ1) is 17.1. The van der Waals surface area contributed by atoms with Crippen LogP contribution in [-0.2, 0) is 24.8 Å². The fourth-order valence-electron chi connectivity index (χ4n) is 3.35. The van der Waals surface area contributed by atoms with Crippen LogP contribution in [0.4, 0.5) is 0 Å². The third kappa shape index (κ3) is 4.65. The molecule has 0 N–H and O–H groups in total. The van der Waals surface area contributed by atoms with Crippen LogP contribution in [0.25, 0.3) is 0 Å². The van der Waals surface area contributed by atoms with Gasteiger partial charge < -0.3 is 4.74 Å². The van der Waals surface area contributed by atoms with Crippen LogP contribution in [0.1, 0.15) is 36.6 Å². The summed E-state index contributed by atoms with van der Waals surface area (Å²) < 4.78 is 8.14. The molecule has 0 saturated carbocycles. The highest BCUT2D eigenvalue weighted by molar-refractivity contribution is 5.14. The van der Waals surface area contributed by atoms with Gasteiger partial charge in [-0.3, -0.25) is 14.6 Å². The van der Waals surface area contributed by atoms with Gasteiger partial charge in [0.1, 0.15) is 0 Å². The molecule has 1 aliphatic rings. The van der Waals surface area contributed by atoms with Crippen molar-refractivity contribution in [1.82, 2.24) is 19.7 Å². The molecular weight excluding hydrogens is 300 g/mol. The van der Waals surface area contributed by atoms with Crippen molar-refractivity contribution in [3.8, 4) is 0 Å². The third-order valence-corrected chi connectivity index (χ3v) is 4.71. The van der Waals surface area contributed by atoms with Gasteiger partial charge in [-0.15, -0.1) is 0 Å². The molecular formula is C19H28N4O. The van der Waals surface area contributed by atoms with E-state index >= 15 is 0 Å². The number of hydrogen-bond donors (Lipinski definition) is 0. The molecule has 5 heteroatoms. The molecule has 5 nitrogen and oxygen atoms in total. The predicted molar refractivity (Wildman–Crippen MR) is 94.7 cm³/mol. The Morgan fingerprint density at radius 1 is 1.21 bits per heavy atom. The van der Waals surface area contributed by atoms with Crippen LogP contribution in [0.5, 0.6) is 0 Å². The molecule has 3 heterocycles. The van der Waals surface area contributed by atoms with Gasteiger partial charge >= 0.3 is 0 Å². The monoisotopic (exact) mass is 328 g/mol. The summed E-state index contributed by atoms with van der Waals surface area (Å²) in [6.07, 6.45) is 9.94. The average Bonchev–Trinajstić information content (AvgIpc) is 3.18. The number of aryl methyl sites for hydroxylation is 2. The second-order valence-corrected chi connectivity index (χ2v) is 6.82. The van der Waals surface area contributed by atoms with Crippen molar-refractivity contribution in [2.45, 2.75) is 51.9 Å². The van der Waals surface area contributed by atoms with Gasteiger partial charge in [0.25, 0.3) is 0 Å².